The first kappa shape index (κ1) is 34.9. The maximum Gasteiger partial charge on any atom is 0.137 e. The van der Waals surface area contributed by atoms with Crippen molar-refractivity contribution in [2.75, 3.05) is 4.90 Å². The molecule has 0 spiro atoms. The molecule has 2 aromatic heterocycles. The summed E-state index contributed by atoms with van der Waals surface area (Å²) in [6.45, 7) is 0. The normalized spacial score (nSPS) is 11.6. The fraction of sp³-hybridized carbons (Fsp3) is 0. The second kappa shape index (κ2) is 14.3. The van der Waals surface area contributed by atoms with Gasteiger partial charge in [-0.25, -0.2) is 0 Å². The molecule has 0 aliphatic rings. The third kappa shape index (κ3) is 5.74. The van der Waals surface area contributed by atoms with E-state index in [4.69, 9.17) is 4.42 Å². The summed E-state index contributed by atoms with van der Waals surface area (Å²) in [4.78, 5) is 2.46. The molecule has 286 valence electrons. The molecule has 0 bridgehead atoms. The molecule has 0 saturated carbocycles. The third-order valence-electron chi connectivity index (χ3n) is 12.2. The Morgan fingerprint density at radius 3 is 1.64 bits per heavy atom. The molecule has 0 saturated heterocycles. The minimum absolute atomic E-state index is 0.855. The molecule has 12 rings (SSSR count). The van der Waals surface area contributed by atoms with Crippen LogP contribution in [0.5, 0.6) is 0 Å². The number of furan rings is 1. The largest absolute Gasteiger partial charge is 0.456 e. The standard InChI is InChI=1S/C58H38N2O/c1-4-18-39(19-5-1)41-36-42(40-20-6-2-7-21-40)38-44(37-41)60(54-31-17-33-56-58(54)50-27-13-15-32-55(50)61-56)52-35-34-46(45-24-10-11-25-47(45)52)48-28-16-30-53-57(48)49-26-12-14-29-51(49)59(53)43-22-8-3-9-23-43/h1-38H. The van der Waals surface area contributed by atoms with Crippen LogP contribution >= 0.6 is 0 Å². The number of benzene rings is 10. The first-order valence-electron chi connectivity index (χ1n) is 20.8. The van der Waals surface area contributed by atoms with Crippen LogP contribution in [0.3, 0.4) is 0 Å². The Morgan fingerprint density at radius 2 is 0.902 bits per heavy atom. The lowest BCUT2D eigenvalue weighted by Crippen LogP contribution is -2.11. The highest BCUT2D eigenvalue weighted by molar-refractivity contribution is 6.20. The van der Waals surface area contributed by atoms with E-state index in [0.717, 1.165) is 72.3 Å². The molecular formula is C58H38N2O. The summed E-state index contributed by atoms with van der Waals surface area (Å²) in [5, 5.41) is 6.98. The topological polar surface area (TPSA) is 21.3 Å². The molecule has 3 nitrogen and oxygen atoms in total. The monoisotopic (exact) mass is 778 g/mol. The van der Waals surface area contributed by atoms with Crippen LogP contribution in [-0.2, 0) is 0 Å². The van der Waals surface area contributed by atoms with Crippen molar-refractivity contribution in [2.45, 2.75) is 0 Å². The van der Waals surface area contributed by atoms with Crippen molar-refractivity contribution in [3.63, 3.8) is 0 Å². The van der Waals surface area contributed by atoms with Gasteiger partial charge in [0, 0.05) is 32.9 Å². The highest BCUT2D eigenvalue weighted by Crippen LogP contribution is 2.49. The fourth-order valence-electron chi connectivity index (χ4n) is 9.50. The number of aromatic nitrogens is 1. The summed E-state index contributed by atoms with van der Waals surface area (Å²) in [6.07, 6.45) is 0. The van der Waals surface area contributed by atoms with E-state index in [2.05, 4.69) is 234 Å². The van der Waals surface area contributed by atoms with E-state index in [1.807, 2.05) is 6.07 Å². The number of rotatable bonds is 7. The van der Waals surface area contributed by atoms with Crippen molar-refractivity contribution in [1.29, 1.82) is 0 Å². The maximum absolute atomic E-state index is 6.55. The van der Waals surface area contributed by atoms with E-state index < -0.39 is 0 Å². The summed E-state index contributed by atoms with van der Waals surface area (Å²) in [7, 11) is 0. The first-order chi connectivity index (χ1) is 30.3. The van der Waals surface area contributed by atoms with Crippen LogP contribution in [0.15, 0.2) is 235 Å². The van der Waals surface area contributed by atoms with E-state index in [-0.39, 0.29) is 0 Å². The molecule has 0 unspecified atom stereocenters. The Labute approximate surface area is 353 Å². The van der Waals surface area contributed by atoms with Crippen LogP contribution in [0.2, 0.25) is 0 Å². The molecule has 0 amide bonds. The molecule has 0 atom stereocenters. The van der Waals surface area contributed by atoms with Crippen molar-refractivity contribution in [1.82, 2.24) is 4.57 Å². The molecule has 61 heavy (non-hydrogen) atoms. The summed E-state index contributed by atoms with van der Waals surface area (Å²) in [6, 6.07) is 83.0. The Morgan fingerprint density at radius 1 is 0.328 bits per heavy atom. The second-order valence-corrected chi connectivity index (χ2v) is 15.7. The zero-order valence-corrected chi connectivity index (χ0v) is 33.2. The molecule has 0 aliphatic carbocycles. The predicted molar refractivity (Wildman–Crippen MR) is 257 cm³/mol. The van der Waals surface area contributed by atoms with Crippen LogP contribution < -0.4 is 4.90 Å². The van der Waals surface area contributed by atoms with Gasteiger partial charge >= 0.3 is 0 Å². The third-order valence-corrected chi connectivity index (χ3v) is 12.2. The van der Waals surface area contributed by atoms with Crippen molar-refractivity contribution < 1.29 is 4.42 Å². The van der Waals surface area contributed by atoms with Crippen LogP contribution in [0.25, 0.3) is 93.6 Å². The average molecular weight is 779 g/mol. The zero-order chi connectivity index (χ0) is 40.3. The molecule has 0 radical (unpaired) electrons. The summed E-state index contributed by atoms with van der Waals surface area (Å²) in [5.41, 5.74) is 15.5. The number of para-hydroxylation sites is 3. The Kier molecular flexibility index (Phi) is 8.17. The number of hydrogen-bond donors (Lipinski definition) is 0. The maximum atomic E-state index is 6.55. The zero-order valence-electron chi connectivity index (χ0n) is 33.2. The highest BCUT2D eigenvalue weighted by atomic mass is 16.3. The molecule has 0 fully saturated rings. The fourth-order valence-corrected chi connectivity index (χ4v) is 9.50. The van der Waals surface area contributed by atoms with Crippen molar-refractivity contribution >= 4 is 71.6 Å². The smallest absolute Gasteiger partial charge is 0.137 e. The minimum atomic E-state index is 0.855. The van der Waals surface area contributed by atoms with Crippen LogP contribution in [0.1, 0.15) is 0 Å². The first-order valence-corrected chi connectivity index (χ1v) is 20.8. The lowest BCUT2D eigenvalue weighted by atomic mass is 9.93. The van der Waals surface area contributed by atoms with Gasteiger partial charge in [-0.15, -0.1) is 0 Å². The van der Waals surface area contributed by atoms with E-state index in [9.17, 15) is 0 Å². The van der Waals surface area contributed by atoms with Gasteiger partial charge < -0.3 is 13.9 Å². The number of hydrogen-bond acceptors (Lipinski definition) is 2. The van der Waals surface area contributed by atoms with Gasteiger partial charge in [-0.2, -0.15) is 0 Å². The second-order valence-electron chi connectivity index (χ2n) is 15.7. The molecule has 0 N–H and O–H groups in total. The lowest BCUT2D eigenvalue weighted by Gasteiger charge is -2.29. The van der Waals surface area contributed by atoms with Crippen LogP contribution in [0, 0.1) is 0 Å². The average Bonchev–Trinajstić information content (AvgIpc) is 3.89. The highest BCUT2D eigenvalue weighted by Gasteiger charge is 2.24. The summed E-state index contributed by atoms with van der Waals surface area (Å²) < 4.78 is 8.94. The van der Waals surface area contributed by atoms with E-state index in [1.54, 1.807) is 0 Å². The lowest BCUT2D eigenvalue weighted by molar-refractivity contribution is 0.669. The van der Waals surface area contributed by atoms with E-state index in [1.165, 1.54) is 38.3 Å². The number of nitrogens with zero attached hydrogens (tertiary/aromatic N) is 2. The van der Waals surface area contributed by atoms with E-state index in [0.29, 0.717) is 0 Å². The van der Waals surface area contributed by atoms with Gasteiger partial charge in [0.25, 0.3) is 0 Å². The SMILES string of the molecule is c1ccc(-c2cc(-c3ccccc3)cc(N(c3ccc(-c4cccc5c4c4ccccc4n5-c4ccccc4)c4ccccc34)c3cccc4oc5ccccc5c34)c2)cc1. The molecule has 0 aliphatic heterocycles. The molecule has 2 heterocycles. The summed E-state index contributed by atoms with van der Waals surface area (Å²) in [5.74, 6) is 0. The van der Waals surface area contributed by atoms with Gasteiger partial charge in [0.05, 0.1) is 27.8 Å². The minimum Gasteiger partial charge on any atom is -0.456 e. The summed E-state index contributed by atoms with van der Waals surface area (Å²) >= 11 is 0. The number of anilines is 3. The molecule has 3 heteroatoms. The van der Waals surface area contributed by atoms with Gasteiger partial charge in [0.15, 0.2) is 0 Å². The molecule has 10 aromatic carbocycles. The molecular weight excluding hydrogens is 741 g/mol. The Hall–Kier alpha value is -8.14. The van der Waals surface area contributed by atoms with Crippen LogP contribution in [0.4, 0.5) is 17.1 Å². The van der Waals surface area contributed by atoms with Gasteiger partial charge in [-0.05, 0) is 105 Å². The van der Waals surface area contributed by atoms with Crippen LogP contribution in [-0.4, -0.2) is 4.57 Å². The Balaban J connectivity index is 1.15. The predicted octanol–water partition coefficient (Wildman–Crippen LogP) is 16.3. The van der Waals surface area contributed by atoms with Crippen molar-refractivity contribution in [3.8, 4) is 39.1 Å². The quantitative estimate of drug-likeness (QED) is 0.161. The van der Waals surface area contributed by atoms with Crippen molar-refractivity contribution in [2.24, 2.45) is 0 Å². The molecule has 12 aromatic rings. The van der Waals surface area contributed by atoms with E-state index >= 15 is 0 Å². The number of fused-ring (bicyclic) bond motifs is 7. The van der Waals surface area contributed by atoms with Gasteiger partial charge in [-0.1, -0.05) is 164 Å². The Bertz CT molecular complexity index is 3530. The van der Waals surface area contributed by atoms with Gasteiger partial charge in [0.1, 0.15) is 11.2 Å². The van der Waals surface area contributed by atoms with Gasteiger partial charge in [-0.3, -0.25) is 0 Å². The van der Waals surface area contributed by atoms with Gasteiger partial charge in [0.2, 0.25) is 0 Å². The van der Waals surface area contributed by atoms with Crippen molar-refractivity contribution in [3.05, 3.63) is 231 Å².